The zero-order valence-corrected chi connectivity index (χ0v) is 48.5. The van der Waals surface area contributed by atoms with Gasteiger partial charge in [-0.05, 0) is 68.1 Å². The molecule has 0 aliphatic carbocycles. The van der Waals surface area contributed by atoms with E-state index in [4.69, 9.17) is 16.6 Å². The van der Waals surface area contributed by atoms with Gasteiger partial charge in [-0.1, -0.05) is 45.9 Å². The van der Waals surface area contributed by atoms with Gasteiger partial charge >= 0.3 is 23.9 Å². The molecule has 11 amide bonds. The normalized spacial score (nSPS) is 14.2. The summed E-state index contributed by atoms with van der Waals surface area (Å²) in [6.07, 6.45) is -0.674. The summed E-state index contributed by atoms with van der Waals surface area (Å²) in [5.74, 6) is -17.9. The fourth-order valence-electron chi connectivity index (χ4n) is 7.99. The quantitative estimate of drug-likeness (QED) is 0.0302. The average Bonchev–Trinajstić information content (AvgIpc) is 3.00. The lowest BCUT2D eigenvalue weighted by Gasteiger charge is -2.27. The number of primary amides is 1. The molecule has 0 unspecified atom stereocenters. The van der Waals surface area contributed by atoms with Crippen LogP contribution < -0.4 is 64.6 Å². The number of carbonyl (C=O) groups is 15. The molecule has 0 saturated heterocycles. The third-order valence-electron chi connectivity index (χ3n) is 12.5. The molecule has 0 radical (unpaired) electrons. The molecule has 0 fully saturated rings. The monoisotopic (exact) mass is 1220 g/mol. The van der Waals surface area contributed by atoms with Crippen LogP contribution in [0.5, 0.6) is 0 Å². The Balaban J connectivity index is 2.18. The fourth-order valence-corrected chi connectivity index (χ4v) is 8.48. The van der Waals surface area contributed by atoms with Gasteiger partial charge in [0.05, 0.1) is 32.0 Å². The molecule has 0 bridgehead atoms. The second-order valence-electron chi connectivity index (χ2n) is 20.4. The van der Waals surface area contributed by atoms with E-state index in [0.717, 1.165) is 17.8 Å². The van der Waals surface area contributed by atoms with Crippen LogP contribution in [0.3, 0.4) is 0 Å². The summed E-state index contributed by atoms with van der Waals surface area (Å²) in [7, 11) is 0. The summed E-state index contributed by atoms with van der Waals surface area (Å²) >= 11 is 1.45. The van der Waals surface area contributed by atoms with Crippen molar-refractivity contribution in [2.24, 2.45) is 23.3 Å². The van der Waals surface area contributed by atoms with E-state index in [1.165, 1.54) is 25.6 Å². The molecule has 2 rings (SSSR count). The largest absolute Gasteiger partial charge is 0.481 e. The minimum atomic E-state index is -1.92. The molecule has 0 aliphatic rings. The average molecular weight is 1220 g/mol. The number of nitrogens with two attached hydrogens (primary N) is 2. The van der Waals surface area contributed by atoms with Crippen LogP contribution in [0.25, 0.3) is 10.9 Å². The minimum Gasteiger partial charge on any atom is -0.481 e. The molecule has 9 atom stereocenters. The Labute approximate surface area is 491 Å². The van der Waals surface area contributed by atoms with Gasteiger partial charge in [-0.3, -0.25) is 67.1 Å². The van der Waals surface area contributed by atoms with E-state index in [0.29, 0.717) is 11.3 Å². The van der Waals surface area contributed by atoms with Crippen molar-refractivity contribution in [2.75, 3.05) is 25.1 Å². The Morgan fingerprint density at radius 3 is 1.59 bits per heavy atom. The van der Waals surface area contributed by atoms with Crippen molar-refractivity contribution in [3.8, 4) is 0 Å². The van der Waals surface area contributed by atoms with Crippen LogP contribution in [0.2, 0.25) is 0 Å². The van der Waals surface area contributed by atoms with E-state index in [2.05, 4.69) is 52.8 Å². The number of fused-ring (bicyclic) bond motifs is 1. The number of para-hydroxylation sites is 1. The highest BCUT2D eigenvalue weighted by Gasteiger charge is 2.36. The Morgan fingerprint density at radius 2 is 1.04 bits per heavy atom. The van der Waals surface area contributed by atoms with Gasteiger partial charge in [0.2, 0.25) is 65.0 Å². The van der Waals surface area contributed by atoms with Crippen molar-refractivity contribution in [2.45, 2.75) is 147 Å². The van der Waals surface area contributed by atoms with E-state index in [9.17, 15) is 87.2 Å². The van der Waals surface area contributed by atoms with Crippen LogP contribution in [0, 0.1) is 11.8 Å². The number of carboxylic acids is 4. The number of rotatable bonds is 39. The number of nitrogens with one attached hydrogen (secondary N) is 11. The maximum atomic E-state index is 14.1. The van der Waals surface area contributed by atoms with Crippen LogP contribution in [0.15, 0.2) is 30.5 Å². The molecule has 33 heteroatoms. The van der Waals surface area contributed by atoms with Crippen LogP contribution in [-0.2, 0) is 78.3 Å². The molecule has 0 saturated carbocycles. The van der Waals surface area contributed by atoms with Crippen LogP contribution in [0.1, 0.15) is 91.5 Å². The molecule has 1 aromatic carbocycles. The highest BCUT2D eigenvalue weighted by atomic mass is 32.2. The third-order valence-corrected chi connectivity index (χ3v) is 13.2. The van der Waals surface area contributed by atoms with E-state index in [-0.39, 0.29) is 31.6 Å². The Hall–Kier alpha value is -8.88. The van der Waals surface area contributed by atoms with Crippen molar-refractivity contribution >= 4 is 112 Å². The molecular weight excluding hydrogens is 1140 g/mol. The zero-order chi connectivity index (χ0) is 64.2. The first-order valence-corrected chi connectivity index (χ1v) is 28.1. The molecule has 2 aromatic rings. The van der Waals surface area contributed by atoms with Crippen LogP contribution in [0.4, 0.5) is 0 Å². The first kappa shape index (κ1) is 72.2. The Morgan fingerprint density at radius 1 is 0.541 bits per heavy atom. The third kappa shape index (κ3) is 26.5. The second-order valence-corrected chi connectivity index (χ2v) is 21.4. The summed E-state index contributed by atoms with van der Waals surface area (Å²) in [6, 6.07) is -6.75. The predicted octanol–water partition coefficient (Wildman–Crippen LogP) is -4.21. The van der Waals surface area contributed by atoms with Crippen molar-refractivity contribution in [1.82, 2.24) is 58.2 Å². The lowest BCUT2D eigenvalue weighted by Crippen LogP contribution is -2.60. The number of aliphatic carboxylic acids is 4. The number of hydrogen-bond donors (Lipinski definition) is 17. The van der Waals surface area contributed by atoms with E-state index >= 15 is 0 Å². The van der Waals surface area contributed by atoms with Gasteiger partial charge in [-0.15, -0.1) is 0 Å². The summed E-state index contributed by atoms with van der Waals surface area (Å²) in [5.41, 5.74) is 12.9. The summed E-state index contributed by atoms with van der Waals surface area (Å²) < 4.78 is 0. The lowest BCUT2D eigenvalue weighted by molar-refractivity contribution is -0.144. The Kier molecular flexibility index (Phi) is 30.6. The highest BCUT2D eigenvalue weighted by Crippen LogP contribution is 2.20. The maximum absolute atomic E-state index is 14.1. The van der Waals surface area contributed by atoms with Gasteiger partial charge in [0.15, 0.2) is 0 Å². The maximum Gasteiger partial charge on any atom is 0.326 e. The van der Waals surface area contributed by atoms with Gasteiger partial charge in [0.25, 0.3) is 0 Å². The zero-order valence-electron chi connectivity index (χ0n) is 47.7. The first-order chi connectivity index (χ1) is 39.8. The molecule has 1 aromatic heterocycles. The molecule has 32 nitrogen and oxygen atoms in total. The molecular formula is C52H77N13O19S. The topological polar surface area (TPSA) is 525 Å². The number of aromatic nitrogens is 1. The predicted molar refractivity (Wildman–Crippen MR) is 302 cm³/mol. The van der Waals surface area contributed by atoms with Gasteiger partial charge in [-0.2, -0.15) is 11.8 Å². The van der Waals surface area contributed by atoms with Crippen LogP contribution in [-0.4, -0.2) is 194 Å². The second kappa shape index (κ2) is 36.0. The van der Waals surface area contributed by atoms with E-state index in [1.807, 2.05) is 11.6 Å². The molecule has 0 aliphatic heterocycles. The minimum absolute atomic E-state index is 0.0820. The van der Waals surface area contributed by atoms with Crippen molar-refractivity contribution in [1.29, 1.82) is 0 Å². The SMILES string of the molecule is CSCC[C@H](N)C(=O)N[C@@H](Cc1c[nH]c2ccccc12)C(=O)N[C@@H](CCC(N)=O)C(=O)N[C@@H](CC(C)C)C(=O)N[C@@H](CC(=O)O)C(=O)N[C@@H](C)C(=O)NCC(=O)NCC(=O)N[C@@H](CC(=O)O)C(=O)N[C@@H](CCC(=O)O)C(=O)N[C@H](C(=O)O)C(C)C. The van der Waals surface area contributed by atoms with Crippen molar-refractivity contribution in [3.63, 3.8) is 0 Å². The smallest absolute Gasteiger partial charge is 0.326 e. The van der Waals surface area contributed by atoms with E-state index < -0.39 is 194 Å². The lowest BCUT2D eigenvalue weighted by atomic mass is 10.0. The number of carboxylic acid groups (broad SMARTS) is 4. The van der Waals surface area contributed by atoms with E-state index in [1.54, 1.807) is 44.3 Å². The highest BCUT2D eigenvalue weighted by molar-refractivity contribution is 7.98. The molecule has 470 valence electrons. The summed E-state index contributed by atoms with van der Waals surface area (Å²) in [6.45, 7) is 5.59. The molecule has 0 spiro atoms. The summed E-state index contributed by atoms with van der Waals surface area (Å²) in [5, 5.41) is 61.2. The Bertz CT molecular complexity index is 2760. The first-order valence-electron chi connectivity index (χ1n) is 26.8. The number of aromatic amines is 1. The van der Waals surface area contributed by atoms with Gasteiger partial charge in [-0.25, -0.2) is 4.79 Å². The molecule has 19 N–H and O–H groups in total. The van der Waals surface area contributed by atoms with Gasteiger partial charge in [0.1, 0.15) is 48.3 Å². The number of hydrogen-bond acceptors (Lipinski definition) is 17. The molecule has 1 heterocycles. The summed E-state index contributed by atoms with van der Waals surface area (Å²) in [4.78, 5) is 195. The standard InChI is InChI=1S/C52H77N13O19S/c1-24(2)17-33(63-46(77)31(11-13-37(54)66)60-50(81)34(62-45(76)29(53)15-16-85-6)18-27-21-55-30-10-8-7-9-28(27)30)49(80)64-36(20-42(73)74)48(79)58-26(5)44(75)57-22-38(67)56-23-39(68)59-35(19-41(71)72)51(82)61-32(12-14-40(69)70)47(78)65-43(25(3)4)52(83)84/h7-10,21,24-26,29,31-36,43,55H,11-20,22-23,53H2,1-6H3,(H2,54,66)(H,56,67)(H,57,75)(H,58,79)(H,59,68)(H,60,81)(H,61,82)(H,62,76)(H,63,77)(H,64,80)(H,65,78)(H,69,70)(H,71,72)(H,73,74)(H,83,84)/t26-,29-,31-,32-,33-,34-,35-,36-,43-/m0/s1. The fraction of sp³-hybridized carbons (Fsp3) is 0.558. The van der Waals surface area contributed by atoms with Gasteiger partial charge < -0.3 is 90.0 Å². The van der Waals surface area contributed by atoms with Crippen LogP contribution >= 0.6 is 11.8 Å². The van der Waals surface area contributed by atoms with Crippen molar-refractivity contribution < 1.29 is 92.3 Å². The number of benzene rings is 1. The molecule has 85 heavy (non-hydrogen) atoms. The number of carbonyl (C=O) groups excluding carboxylic acids is 11. The number of H-pyrrole nitrogens is 1. The number of thioether (sulfide) groups is 1. The van der Waals surface area contributed by atoms with Gasteiger partial charge in [0, 0.05) is 36.4 Å². The number of amides is 11. The van der Waals surface area contributed by atoms with Crippen molar-refractivity contribution in [3.05, 3.63) is 36.0 Å².